The summed E-state index contributed by atoms with van der Waals surface area (Å²) in [6, 6.07) is 9.09. The average molecular weight is 586 g/mol. The Morgan fingerprint density at radius 3 is 2.70 bits per heavy atom. The molecule has 3 saturated heterocycles. The van der Waals surface area contributed by atoms with Crippen LogP contribution in [-0.2, 0) is 0 Å². The number of phenolic OH excluding ortho intramolecular Hbond substituents is 1. The van der Waals surface area contributed by atoms with Crippen molar-refractivity contribution >= 4 is 27.5 Å². The number of alkyl halides is 1. The van der Waals surface area contributed by atoms with Gasteiger partial charge in [-0.2, -0.15) is 4.98 Å². The summed E-state index contributed by atoms with van der Waals surface area (Å²) in [4.78, 5) is 18.4. The maximum atomic E-state index is 14.6. The van der Waals surface area contributed by atoms with Gasteiger partial charge in [-0.3, -0.25) is 4.90 Å². The molecule has 3 fully saturated rings. The third-order valence-electron chi connectivity index (χ3n) is 8.81. The molecule has 2 aromatic carbocycles. The van der Waals surface area contributed by atoms with E-state index in [2.05, 4.69) is 39.5 Å². The molecule has 0 radical (unpaired) electrons. The van der Waals surface area contributed by atoms with E-state index < -0.39 is 12.0 Å². The van der Waals surface area contributed by atoms with Crippen LogP contribution in [0.3, 0.4) is 0 Å². The molecule has 224 valence electrons. The van der Waals surface area contributed by atoms with Gasteiger partial charge >= 0.3 is 6.01 Å². The zero-order valence-electron chi connectivity index (χ0n) is 24.9. The van der Waals surface area contributed by atoms with E-state index in [1.54, 1.807) is 30.5 Å². The van der Waals surface area contributed by atoms with Crippen molar-refractivity contribution in [3.63, 3.8) is 0 Å². The zero-order chi connectivity index (χ0) is 30.2. The van der Waals surface area contributed by atoms with Gasteiger partial charge in [0.05, 0.1) is 29.3 Å². The standard InChI is InChI=1S/C27H25FN4O2.C7H12FN/c1-5-19-22(28)7-6-16-11-18(33)12-20(25(16)19)23-13-24-21(14-29-27(31-24)34-4)26(30-23)32-9-8-17(32)10-15(2)3;8-6-4-7-2-1-3-9(7)5-6/h1,6-7,11-15,17,33H,8-10H2,2-4H3;6-7H,1-5H2. The number of methoxy groups -OCH3 is 1. The number of fused-ring (bicyclic) bond motifs is 3. The Balaban J connectivity index is 0.000000310. The Bertz CT molecular complexity index is 1690. The van der Waals surface area contributed by atoms with Gasteiger partial charge in [-0.15, -0.1) is 6.42 Å². The third-order valence-corrected chi connectivity index (χ3v) is 8.81. The Morgan fingerprint density at radius 1 is 1.16 bits per heavy atom. The summed E-state index contributed by atoms with van der Waals surface area (Å²) in [5.74, 6) is 3.34. The maximum absolute atomic E-state index is 14.6. The lowest BCUT2D eigenvalue weighted by Crippen LogP contribution is -2.49. The maximum Gasteiger partial charge on any atom is 0.316 e. The van der Waals surface area contributed by atoms with E-state index in [0.29, 0.717) is 52.1 Å². The molecule has 4 aromatic rings. The van der Waals surface area contributed by atoms with Crippen molar-refractivity contribution in [2.45, 2.75) is 64.2 Å². The quantitative estimate of drug-likeness (QED) is 0.268. The summed E-state index contributed by atoms with van der Waals surface area (Å²) < 4.78 is 32.5. The number of benzene rings is 2. The summed E-state index contributed by atoms with van der Waals surface area (Å²) in [5, 5.41) is 12.4. The van der Waals surface area contributed by atoms with Gasteiger partial charge in [-0.1, -0.05) is 25.8 Å². The first-order valence-electron chi connectivity index (χ1n) is 15.0. The first kappa shape index (κ1) is 29.1. The lowest BCUT2D eigenvalue weighted by atomic mass is 9.92. The number of phenols is 1. The molecule has 5 heterocycles. The van der Waals surface area contributed by atoms with Crippen LogP contribution in [0.25, 0.3) is 32.9 Å². The summed E-state index contributed by atoms with van der Waals surface area (Å²) in [5.41, 5.74) is 1.88. The molecule has 3 aliphatic heterocycles. The molecule has 0 amide bonds. The van der Waals surface area contributed by atoms with E-state index in [4.69, 9.17) is 16.1 Å². The summed E-state index contributed by atoms with van der Waals surface area (Å²) in [6.07, 6.45) is 12.4. The van der Waals surface area contributed by atoms with Crippen LogP contribution in [0.2, 0.25) is 0 Å². The molecule has 1 N–H and O–H groups in total. The second-order valence-corrected chi connectivity index (χ2v) is 12.2. The molecule has 3 atom stereocenters. The Morgan fingerprint density at radius 2 is 2.00 bits per heavy atom. The zero-order valence-corrected chi connectivity index (χ0v) is 24.9. The van der Waals surface area contributed by atoms with Crippen LogP contribution in [0.15, 0.2) is 36.5 Å². The third kappa shape index (κ3) is 5.68. The van der Waals surface area contributed by atoms with Crippen molar-refractivity contribution in [3.8, 4) is 35.4 Å². The van der Waals surface area contributed by atoms with Crippen molar-refractivity contribution in [1.82, 2.24) is 19.9 Å². The van der Waals surface area contributed by atoms with Crippen molar-refractivity contribution in [3.05, 3.63) is 47.9 Å². The second-order valence-electron chi connectivity index (χ2n) is 12.2. The van der Waals surface area contributed by atoms with E-state index in [9.17, 15) is 13.9 Å². The molecule has 7 nitrogen and oxygen atoms in total. The van der Waals surface area contributed by atoms with Gasteiger partial charge in [-0.25, -0.2) is 18.7 Å². The van der Waals surface area contributed by atoms with E-state index >= 15 is 0 Å². The summed E-state index contributed by atoms with van der Waals surface area (Å²) in [6.45, 7) is 7.15. The minimum absolute atomic E-state index is 0.0439. The minimum atomic E-state index is -0.518. The first-order valence-corrected chi connectivity index (χ1v) is 15.0. The number of anilines is 1. The normalized spacial score (nSPS) is 21.4. The smallest absolute Gasteiger partial charge is 0.316 e. The number of ether oxygens (including phenoxy) is 1. The highest BCUT2D eigenvalue weighted by molar-refractivity contribution is 6.03. The molecule has 0 spiro atoms. The predicted molar refractivity (Wildman–Crippen MR) is 166 cm³/mol. The Kier molecular flexibility index (Phi) is 8.06. The highest BCUT2D eigenvalue weighted by atomic mass is 19.1. The van der Waals surface area contributed by atoms with Gasteiger partial charge in [0.1, 0.15) is 23.6 Å². The predicted octanol–water partition coefficient (Wildman–Crippen LogP) is 6.50. The van der Waals surface area contributed by atoms with E-state index in [1.165, 1.54) is 26.0 Å². The highest BCUT2D eigenvalue weighted by Gasteiger charge is 2.35. The fraction of sp³-hybridized carbons (Fsp3) is 0.441. The van der Waals surface area contributed by atoms with Crippen LogP contribution in [-0.4, -0.2) is 70.0 Å². The topological polar surface area (TPSA) is 74.6 Å². The number of hydrogen-bond donors (Lipinski definition) is 1. The van der Waals surface area contributed by atoms with Gasteiger partial charge in [0.15, 0.2) is 0 Å². The summed E-state index contributed by atoms with van der Waals surface area (Å²) >= 11 is 0. The number of aromatic nitrogens is 3. The Hall–Kier alpha value is -4.03. The van der Waals surface area contributed by atoms with Crippen LogP contribution in [0, 0.1) is 24.1 Å². The molecular weight excluding hydrogens is 548 g/mol. The number of aromatic hydroxyl groups is 1. The SMILES string of the molecule is C#Cc1c(F)ccc2cc(O)cc(-c3cc4nc(OC)ncc4c(N4CCC4CC(C)C)n3)c12.FC1CC2CCCN2C1. The van der Waals surface area contributed by atoms with Crippen molar-refractivity contribution in [2.75, 3.05) is 31.6 Å². The number of pyridine rings is 1. The van der Waals surface area contributed by atoms with Gasteiger partial charge in [0, 0.05) is 42.3 Å². The van der Waals surface area contributed by atoms with Gasteiger partial charge in [-0.05, 0) is 74.2 Å². The molecule has 0 aliphatic carbocycles. The molecule has 43 heavy (non-hydrogen) atoms. The fourth-order valence-corrected chi connectivity index (χ4v) is 6.76. The van der Waals surface area contributed by atoms with Crippen LogP contribution in [0.5, 0.6) is 11.8 Å². The van der Waals surface area contributed by atoms with Crippen LogP contribution < -0.4 is 9.64 Å². The van der Waals surface area contributed by atoms with Crippen molar-refractivity contribution in [1.29, 1.82) is 0 Å². The van der Waals surface area contributed by atoms with E-state index in [-0.39, 0.29) is 17.3 Å². The molecule has 0 saturated carbocycles. The number of halogens is 2. The molecule has 9 heteroatoms. The lowest BCUT2D eigenvalue weighted by molar-refractivity contribution is 0.292. The van der Waals surface area contributed by atoms with Crippen molar-refractivity contribution < 1.29 is 18.6 Å². The summed E-state index contributed by atoms with van der Waals surface area (Å²) in [7, 11) is 1.52. The molecule has 7 rings (SSSR count). The number of nitrogens with zero attached hydrogens (tertiary/aromatic N) is 5. The lowest BCUT2D eigenvalue weighted by Gasteiger charge is -2.43. The van der Waals surface area contributed by atoms with Crippen LogP contribution >= 0.6 is 0 Å². The fourth-order valence-electron chi connectivity index (χ4n) is 6.76. The van der Waals surface area contributed by atoms with Gasteiger partial charge in [0.25, 0.3) is 0 Å². The number of rotatable bonds is 5. The molecule has 3 aliphatic rings. The second kappa shape index (κ2) is 11.9. The van der Waals surface area contributed by atoms with E-state index in [0.717, 1.165) is 43.6 Å². The number of hydrogen-bond acceptors (Lipinski definition) is 7. The molecular formula is C34H37F2N5O2. The Labute approximate surface area is 250 Å². The van der Waals surface area contributed by atoms with Gasteiger partial charge in [0.2, 0.25) is 0 Å². The first-order chi connectivity index (χ1) is 20.7. The molecule has 0 bridgehead atoms. The minimum Gasteiger partial charge on any atom is -0.508 e. The molecule has 3 unspecified atom stereocenters. The average Bonchev–Trinajstić information content (AvgIpc) is 3.56. The van der Waals surface area contributed by atoms with Crippen molar-refractivity contribution in [2.24, 2.45) is 5.92 Å². The monoisotopic (exact) mass is 585 g/mol. The van der Waals surface area contributed by atoms with Crippen LogP contribution in [0.1, 0.15) is 51.5 Å². The number of terminal acetylenes is 1. The van der Waals surface area contributed by atoms with E-state index in [1.807, 2.05) is 0 Å². The highest BCUT2D eigenvalue weighted by Crippen LogP contribution is 2.40. The largest absolute Gasteiger partial charge is 0.508 e. The van der Waals surface area contributed by atoms with Gasteiger partial charge < -0.3 is 14.7 Å². The van der Waals surface area contributed by atoms with Crippen LogP contribution in [0.4, 0.5) is 14.6 Å². The molecule has 2 aromatic heterocycles.